The second-order valence-electron chi connectivity index (χ2n) is 4.50. The summed E-state index contributed by atoms with van der Waals surface area (Å²) in [6, 6.07) is 16.5. The highest BCUT2D eigenvalue weighted by Crippen LogP contribution is 2.24. The Labute approximate surface area is 132 Å². The molecule has 1 heterocycles. The maximum Gasteiger partial charge on any atom is 0.264 e. The lowest BCUT2D eigenvalue weighted by Crippen LogP contribution is -2.12. The van der Waals surface area contributed by atoms with E-state index in [1.165, 1.54) is 18.2 Å². The number of hydrogen-bond donors (Lipinski definition) is 1. The zero-order valence-electron chi connectivity index (χ0n) is 11.2. The molecule has 1 N–H and O–H groups in total. The minimum Gasteiger partial charge on any atom is -0.337 e. The fourth-order valence-electron chi connectivity index (χ4n) is 1.87. The summed E-state index contributed by atoms with van der Waals surface area (Å²) in [5, 5.41) is 4.46. The number of rotatable bonds is 4. The standard InChI is InChI=1S/C15H11ClN2O3S/c16-12-8-6-11(7-9-12)14-10-15(21-17-14)18-22(19,20)13-4-2-1-3-5-13/h1-10,18H. The number of halogens is 1. The molecule has 3 aromatic rings. The maximum atomic E-state index is 12.2. The van der Waals surface area contributed by atoms with E-state index in [9.17, 15) is 8.42 Å². The Hall–Kier alpha value is -2.31. The van der Waals surface area contributed by atoms with Crippen molar-refractivity contribution in [3.8, 4) is 11.3 Å². The van der Waals surface area contributed by atoms with Gasteiger partial charge < -0.3 is 4.52 Å². The highest BCUT2D eigenvalue weighted by atomic mass is 35.5. The zero-order valence-corrected chi connectivity index (χ0v) is 12.8. The molecule has 0 saturated carbocycles. The molecule has 3 rings (SSSR count). The Balaban J connectivity index is 1.84. The van der Waals surface area contributed by atoms with Crippen molar-refractivity contribution in [3.05, 3.63) is 65.7 Å². The number of sulfonamides is 1. The van der Waals surface area contributed by atoms with Crippen LogP contribution in [0.3, 0.4) is 0 Å². The van der Waals surface area contributed by atoms with Gasteiger partial charge in [0.05, 0.1) is 4.90 Å². The fourth-order valence-corrected chi connectivity index (χ4v) is 2.99. The van der Waals surface area contributed by atoms with Crippen LogP contribution in [0, 0.1) is 0 Å². The molecular weight excluding hydrogens is 324 g/mol. The molecule has 0 fully saturated rings. The Morgan fingerprint density at radius 3 is 2.36 bits per heavy atom. The van der Waals surface area contributed by atoms with Crippen molar-refractivity contribution in [2.45, 2.75) is 4.90 Å². The van der Waals surface area contributed by atoms with E-state index in [1.54, 1.807) is 42.5 Å². The van der Waals surface area contributed by atoms with Crippen LogP contribution in [0.5, 0.6) is 0 Å². The molecule has 0 radical (unpaired) electrons. The van der Waals surface area contributed by atoms with Crippen LogP contribution >= 0.6 is 11.6 Å². The summed E-state index contributed by atoms with van der Waals surface area (Å²) < 4.78 is 31.7. The molecule has 5 nitrogen and oxygen atoms in total. The summed E-state index contributed by atoms with van der Waals surface area (Å²) in [5.74, 6) is 0.0498. The van der Waals surface area contributed by atoms with Crippen molar-refractivity contribution < 1.29 is 12.9 Å². The van der Waals surface area contributed by atoms with Gasteiger partial charge in [-0.2, -0.15) is 0 Å². The molecule has 0 spiro atoms. The van der Waals surface area contributed by atoms with Crippen LogP contribution in [-0.4, -0.2) is 13.6 Å². The van der Waals surface area contributed by atoms with E-state index in [0.717, 1.165) is 5.56 Å². The van der Waals surface area contributed by atoms with E-state index < -0.39 is 10.0 Å². The summed E-state index contributed by atoms with van der Waals surface area (Å²) in [7, 11) is -3.69. The van der Waals surface area contributed by atoms with E-state index in [0.29, 0.717) is 10.7 Å². The summed E-state index contributed by atoms with van der Waals surface area (Å²) >= 11 is 5.82. The summed E-state index contributed by atoms with van der Waals surface area (Å²) in [6.45, 7) is 0. The van der Waals surface area contributed by atoms with Crippen molar-refractivity contribution in [2.75, 3.05) is 4.72 Å². The van der Waals surface area contributed by atoms with Crippen LogP contribution in [0.2, 0.25) is 5.02 Å². The van der Waals surface area contributed by atoms with Crippen molar-refractivity contribution in [3.63, 3.8) is 0 Å². The first-order chi connectivity index (χ1) is 10.5. The molecule has 0 saturated heterocycles. The Morgan fingerprint density at radius 1 is 1.00 bits per heavy atom. The number of benzene rings is 2. The van der Waals surface area contributed by atoms with Crippen molar-refractivity contribution >= 4 is 27.5 Å². The molecule has 0 atom stereocenters. The molecular formula is C15H11ClN2O3S. The molecule has 1 aromatic heterocycles. The number of hydrogen-bond acceptors (Lipinski definition) is 4. The topological polar surface area (TPSA) is 72.2 Å². The van der Waals surface area contributed by atoms with Crippen molar-refractivity contribution in [1.29, 1.82) is 0 Å². The Bertz CT molecular complexity index is 875. The summed E-state index contributed by atoms with van der Waals surface area (Å²) in [5.41, 5.74) is 1.29. The maximum absolute atomic E-state index is 12.2. The van der Waals surface area contributed by atoms with Gasteiger partial charge in [-0.1, -0.05) is 47.1 Å². The number of aromatic nitrogens is 1. The van der Waals surface area contributed by atoms with Gasteiger partial charge in [0, 0.05) is 16.7 Å². The van der Waals surface area contributed by atoms with Gasteiger partial charge in [-0.3, -0.25) is 0 Å². The molecule has 0 aliphatic carbocycles. The molecule has 2 aromatic carbocycles. The molecule has 0 bridgehead atoms. The molecule has 0 aliphatic rings. The lowest BCUT2D eigenvalue weighted by atomic mass is 10.1. The molecule has 0 unspecified atom stereocenters. The smallest absolute Gasteiger partial charge is 0.264 e. The Morgan fingerprint density at radius 2 is 1.68 bits per heavy atom. The average molecular weight is 335 g/mol. The molecule has 112 valence electrons. The second-order valence-corrected chi connectivity index (χ2v) is 6.62. The largest absolute Gasteiger partial charge is 0.337 e. The van der Waals surface area contributed by atoms with Gasteiger partial charge in [0.1, 0.15) is 5.69 Å². The highest BCUT2D eigenvalue weighted by Gasteiger charge is 2.16. The monoisotopic (exact) mass is 334 g/mol. The minimum atomic E-state index is -3.69. The first-order valence-electron chi connectivity index (χ1n) is 6.35. The van der Waals surface area contributed by atoms with Gasteiger partial charge in [-0.15, -0.1) is 0 Å². The van der Waals surface area contributed by atoms with Crippen LogP contribution in [0.4, 0.5) is 5.88 Å². The van der Waals surface area contributed by atoms with Gasteiger partial charge in [-0.25, -0.2) is 13.1 Å². The van der Waals surface area contributed by atoms with E-state index in [-0.39, 0.29) is 10.8 Å². The SMILES string of the molecule is O=S(=O)(Nc1cc(-c2ccc(Cl)cc2)no1)c1ccccc1. The van der Waals surface area contributed by atoms with Gasteiger partial charge in [0.2, 0.25) is 5.88 Å². The lowest BCUT2D eigenvalue weighted by Gasteiger charge is -2.03. The van der Waals surface area contributed by atoms with Crippen LogP contribution in [-0.2, 0) is 10.0 Å². The van der Waals surface area contributed by atoms with Crippen LogP contribution in [0.15, 0.2) is 70.1 Å². The normalized spacial score (nSPS) is 11.3. The number of nitrogens with zero attached hydrogens (tertiary/aromatic N) is 1. The van der Waals surface area contributed by atoms with Gasteiger partial charge >= 0.3 is 0 Å². The summed E-state index contributed by atoms with van der Waals surface area (Å²) in [4.78, 5) is 0.152. The van der Waals surface area contributed by atoms with E-state index >= 15 is 0 Å². The average Bonchev–Trinajstić information content (AvgIpc) is 2.97. The van der Waals surface area contributed by atoms with Gasteiger partial charge in [0.25, 0.3) is 10.0 Å². The van der Waals surface area contributed by atoms with E-state index in [1.807, 2.05) is 0 Å². The van der Waals surface area contributed by atoms with E-state index in [2.05, 4.69) is 9.88 Å². The lowest BCUT2D eigenvalue weighted by molar-refractivity contribution is 0.438. The zero-order chi connectivity index (χ0) is 15.6. The van der Waals surface area contributed by atoms with Crippen LogP contribution in [0.1, 0.15) is 0 Å². The third-order valence-corrected chi connectivity index (χ3v) is 4.55. The second kappa shape index (κ2) is 5.82. The highest BCUT2D eigenvalue weighted by molar-refractivity contribution is 7.92. The molecule has 22 heavy (non-hydrogen) atoms. The van der Waals surface area contributed by atoms with Crippen LogP contribution in [0.25, 0.3) is 11.3 Å². The molecule has 7 heteroatoms. The first-order valence-corrected chi connectivity index (χ1v) is 8.21. The quantitative estimate of drug-likeness (QED) is 0.787. The minimum absolute atomic E-state index is 0.0498. The number of anilines is 1. The number of nitrogens with one attached hydrogen (secondary N) is 1. The van der Waals surface area contributed by atoms with Gasteiger partial charge in [-0.05, 0) is 24.3 Å². The van der Waals surface area contributed by atoms with Crippen molar-refractivity contribution in [2.24, 2.45) is 0 Å². The van der Waals surface area contributed by atoms with Crippen molar-refractivity contribution in [1.82, 2.24) is 5.16 Å². The van der Waals surface area contributed by atoms with Gasteiger partial charge in [0.15, 0.2) is 0 Å². The fraction of sp³-hybridized carbons (Fsp3) is 0. The van der Waals surface area contributed by atoms with Crippen LogP contribution < -0.4 is 4.72 Å². The third kappa shape index (κ3) is 3.13. The summed E-state index contributed by atoms with van der Waals surface area (Å²) in [6.07, 6.45) is 0. The predicted molar refractivity (Wildman–Crippen MR) is 84.2 cm³/mol. The first kappa shape index (κ1) is 14.6. The predicted octanol–water partition coefficient (Wildman–Crippen LogP) is 3.80. The third-order valence-electron chi connectivity index (χ3n) is 2.94. The molecule has 0 aliphatic heterocycles. The molecule has 0 amide bonds. The Kier molecular flexibility index (Phi) is 3.87. The van der Waals surface area contributed by atoms with E-state index in [4.69, 9.17) is 16.1 Å².